The SMILES string of the molecule is C1=CC(N(c2ccccc2)c2ccccc2)(N(c2ccccc2)c2ccccc2)C=C2C1=C1C=CC(N(c3ccccc3)c3ccccc3)(N(c3ccccc3)c3ccccc3)C=C1C21c2ccccc2-c2ccccc21. The zero-order valence-electron chi connectivity index (χ0n) is 42.5. The highest BCUT2D eigenvalue weighted by atomic mass is 15.4. The summed E-state index contributed by atoms with van der Waals surface area (Å²) >= 11 is 0. The number of rotatable bonds is 12. The molecule has 0 saturated carbocycles. The second-order valence-corrected chi connectivity index (χ2v) is 20.0. The van der Waals surface area contributed by atoms with Crippen molar-refractivity contribution in [2.75, 3.05) is 19.6 Å². The second kappa shape index (κ2) is 18.8. The Morgan fingerprint density at radius 2 is 0.429 bits per heavy atom. The first-order valence-electron chi connectivity index (χ1n) is 26.6. The van der Waals surface area contributed by atoms with Crippen LogP contribution >= 0.6 is 0 Å². The topological polar surface area (TPSA) is 13.0 Å². The Morgan fingerprint density at radius 3 is 0.662 bits per heavy atom. The fourth-order valence-electron chi connectivity index (χ4n) is 12.9. The average Bonchev–Trinajstić information content (AvgIpc) is 4.12. The summed E-state index contributed by atoms with van der Waals surface area (Å²) in [6, 6.07) is 106. The van der Waals surface area contributed by atoms with Crippen LogP contribution in [0.2, 0.25) is 0 Å². The third kappa shape index (κ3) is 7.21. The van der Waals surface area contributed by atoms with Crippen molar-refractivity contribution in [1.82, 2.24) is 0 Å². The van der Waals surface area contributed by atoms with Crippen LogP contribution in [0.15, 0.2) is 350 Å². The van der Waals surface area contributed by atoms with Crippen molar-refractivity contribution >= 4 is 45.5 Å². The van der Waals surface area contributed by atoms with Crippen LogP contribution in [0, 0.1) is 0 Å². The van der Waals surface area contributed by atoms with E-state index in [0.717, 1.165) is 45.5 Å². The summed E-state index contributed by atoms with van der Waals surface area (Å²) in [5.41, 5.74) is 15.5. The van der Waals surface area contributed by atoms with E-state index in [1.807, 2.05) is 0 Å². The molecule has 0 atom stereocenters. The molecule has 77 heavy (non-hydrogen) atoms. The Bertz CT molecular complexity index is 3330. The van der Waals surface area contributed by atoms with Gasteiger partial charge in [0.25, 0.3) is 0 Å². The standard InChI is InChI=1S/C73H54N4/c1-9-29-55(30-10-1)74(56-31-11-2-12-32-56)71(75(57-33-13-3-14-34-57)58-35-15-4-16-36-58)51-49-65-66-50-52-72(76(59-37-17-5-18-38-59)60-39-19-6-20-40-60,77(61-41-21-7-22-42-61)62-43-23-8-24-44-62)54-70(66)73(69(65)53-71)67-47-27-25-45-63(67)64-46-26-28-48-68(64)73/h1-54H. The molecule has 0 saturated heterocycles. The van der Waals surface area contributed by atoms with Gasteiger partial charge in [-0.2, -0.15) is 0 Å². The minimum atomic E-state index is -0.987. The van der Waals surface area contributed by atoms with Crippen LogP contribution in [0.5, 0.6) is 0 Å². The van der Waals surface area contributed by atoms with Crippen LogP contribution in [-0.4, -0.2) is 11.3 Å². The summed E-state index contributed by atoms with van der Waals surface area (Å²) in [4.78, 5) is 10.1. The van der Waals surface area contributed by atoms with Gasteiger partial charge in [-0.3, -0.25) is 0 Å². The predicted molar refractivity (Wildman–Crippen MR) is 320 cm³/mol. The summed E-state index contributed by atoms with van der Waals surface area (Å²) < 4.78 is 0. The van der Waals surface area contributed by atoms with Crippen LogP contribution in [0.1, 0.15) is 11.1 Å². The Labute approximate surface area is 451 Å². The van der Waals surface area contributed by atoms with E-state index in [9.17, 15) is 0 Å². The molecule has 0 aliphatic heterocycles. The maximum atomic E-state index is 2.63. The fraction of sp³-hybridized carbons (Fsp3) is 0.0411. The normalized spacial score (nSPS) is 15.6. The van der Waals surface area contributed by atoms with E-state index in [1.165, 1.54) is 44.5 Å². The quantitative estimate of drug-likeness (QED) is 0.113. The smallest absolute Gasteiger partial charge is 0.161 e. The maximum Gasteiger partial charge on any atom is 0.161 e. The molecule has 4 aliphatic rings. The molecule has 4 nitrogen and oxygen atoms in total. The summed E-state index contributed by atoms with van der Waals surface area (Å²) in [5, 5.41) is 0. The zero-order chi connectivity index (χ0) is 51.2. The molecule has 0 aromatic heterocycles. The number of hydrogen-bond donors (Lipinski definition) is 0. The van der Waals surface area contributed by atoms with Crippen LogP contribution in [0.4, 0.5) is 45.5 Å². The van der Waals surface area contributed by atoms with Gasteiger partial charge in [0.05, 0.1) is 5.41 Å². The van der Waals surface area contributed by atoms with Crippen LogP contribution in [0.3, 0.4) is 0 Å². The molecule has 0 N–H and O–H groups in total. The second-order valence-electron chi connectivity index (χ2n) is 20.0. The van der Waals surface area contributed by atoms with Gasteiger partial charge in [-0.25, -0.2) is 0 Å². The molecule has 4 heteroatoms. The molecular weight excluding hydrogens is 933 g/mol. The molecule has 0 amide bonds. The number of hydrogen-bond acceptors (Lipinski definition) is 4. The molecule has 4 aliphatic carbocycles. The Morgan fingerprint density at radius 1 is 0.221 bits per heavy atom. The number of benzene rings is 10. The third-order valence-corrected chi connectivity index (χ3v) is 15.9. The van der Waals surface area contributed by atoms with Crippen molar-refractivity contribution in [3.05, 3.63) is 361 Å². The zero-order valence-corrected chi connectivity index (χ0v) is 42.5. The average molecular weight is 987 g/mol. The van der Waals surface area contributed by atoms with E-state index in [4.69, 9.17) is 0 Å². The van der Waals surface area contributed by atoms with E-state index in [-0.39, 0.29) is 0 Å². The number of para-hydroxylation sites is 8. The Hall–Kier alpha value is -9.90. The summed E-state index contributed by atoms with van der Waals surface area (Å²) in [7, 11) is 0. The van der Waals surface area contributed by atoms with Crippen molar-refractivity contribution in [2.24, 2.45) is 0 Å². The molecule has 14 rings (SSSR count). The first kappa shape index (κ1) is 45.7. The molecule has 10 aromatic rings. The van der Waals surface area contributed by atoms with Crippen LogP contribution in [0.25, 0.3) is 11.1 Å². The lowest BCUT2D eigenvalue weighted by Crippen LogP contribution is -2.57. The third-order valence-electron chi connectivity index (χ3n) is 15.9. The number of allylic oxidation sites excluding steroid dienone is 6. The summed E-state index contributed by atoms with van der Waals surface area (Å²) in [6.07, 6.45) is 15.1. The monoisotopic (exact) mass is 986 g/mol. The van der Waals surface area contributed by atoms with E-state index >= 15 is 0 Å². The van der Waals surface area contributed by atoms with E-state index in [0.29, 0.717) is 0 Å². The predicted octanol–water partition coefficient (Wildman–Crippen LogP) is 18.0. The van der Waals surface area contributed by atoms with E-state index < -0.39 is 16.7 Å². The lowest BCUT2D eigenvalue weighted by Gasteiger charge is -2.52. The first-order chi connectivity index (χ1) is 38.2. The number of nitrogens with zero attached hydrogens (tertiary/aromatic N) is 4. The van der Waals surface area contributed by atoms with Gasteiger partial charge in [0, 0.05) is 45.5 Å². The van der Waals surface area contributed by atoms with Crippen LogP contribution < -0.4 is 19.6 Å². The lowest BCUT2D eigenvalue weighted by molar-refractivity contribution is 0.607. The molecular formula is C73H54N4. The molecule has 0 heterocycles. The van der Waals surface area contributed by atoms with Gasteiger partial charge in [0.1, 0.15) is 0 Å². The summed E-state index contributed by atoms with van der Waals surface area (Å²) in [5.74, 6) is 0. The highest BCUT2D eigenvalue weighted by Crippen LogP contribution is 2.67. The van der Waals surface area contributed by atoms with Crippen molar-refractivity contribution < 1.29 is 0 Å². The molecule has 0 radical (unpaired) electrons. The number of anilines is 8. The molecule has 366 valence electrons. The lowest BCUT2D eigenvalue weighted by atomic mass is 9.66. The molecule has 0 unspecified atom stereocenters. The van der Waals surface area contributed by atoms with Crippen molar-refractivity contribution in [1.29, 1.82) is 0 Å². The van der Waals surface area contributed by atoms with Gasteiger partial charge in [0.15, 0.2) is 11.3 Å². The van der Waals surface area contributed by atoms with E-state index in [2.05, 4.69) is 347 Å². The van der Waals surface area contributed by atoms with Gasteiger partial charge < -0.3 is 19.6 Å². The van der Waals surface area contributed by atoms with E-state index in [1.54, 1.807) is 0 Å². The molecule has 0 fully saturated rings. The Kier molecular flexibility index (Phi) is 11.2. The Balaban J connectivity index is 1.15. The minimum Gasteiger partial charge on any atom is -0.311 e. The maximum absolute atomic E-state index is 2.63. The van der Waals surface area contributed by atoms with Crippen molar-refractivity contribution in [3.63, 3.8) is 0 Å². The fourth-order valence-corrected chi connectivity index (χ4v) is 12.9. The van der Waals surface area contributed by atoms with Crippen molar-refractivity contribution in [3.8, 4) is 11.1 Å². The highest BCUT2D eigenvalue weighted by Gasteiger charge is 2.59. The van der Waals surface area contributed by atoms with Gasteiger partial charge in [-0.15, -0.1) is 0 Å². The summed E-state index contributed by atoms with van der Waals surface area (Å²) in [6.45, 7) is 0. The van der Waals surface area contributed by atoms with Gasteiger partial charge in [-0.05, 0) is 166 Å². The minimum absolute atomic E-state index is 0.805. The number of fused-ring (bicyclic) bond motifs is 9. The molecule has 10 aromatic carbocycles. The van der Waals surface area contributed by atoms with Crippen LogP contribution in [-0.2, 0) is 5.41 Å². The largest absolute Gasteiger partial charge is 0.311 e. The molecule has 0 bridgehead atoms. The highest BCUT2D eigenvalue weighted by molar-refractivity contribution is 5.95. The van der Waals surface area contributed by atoms with Gasteiger partial charge in [-0.1, -0.05) is 206 Å². The van der Waals surface area contributed by atoms with Gasteiger partial charge in [0.2, 0.25) is 0 Å². The van der Waals surface area contributed by atoms with Crippen molar-refractivity contribution in [2.45, 2.75) is 16.7 Å². The molecule has 1 spiro atoms. The first-order valence-corrected chi connectivity index (χ1v) is 26.6. The van der Waals surface area contributed by atoms with Gasteiger partial charge >= 0.3 is 0 Å².